The number of aryl methyl sites for hydroxylation is 1. The monoisotopic (exact) mass is 441 g/mol. The van der Waals surface area contributed by atoms with Gasteiger partial charge in [0.05, 0.1) is 18.7 Å². The smallest absolute Gasteiger partial charge is 0.270 e. The fraction of sp³-hybridized carbons (Fsp3) is 0.565. The fourth-order valence-electron chi connectivity index (χ4n) is 4.64. The van der Waals surface area contributed by atoms with Gasteiger partial charge in [0, 0.05) is 55.8 Å². The second-order valence-electron chi connectivity index (χ2n) is 8.77. The molecule has 1 unspecified atom stereocenters. The van der Waals surface area contributed by atoms with Crippen molar-refractivity contribution in [3.8, 4) is 0 Å². The first-order chi connectivity index (χ1) is 15.1. The molecule has 5 heterocycles. The van der Waals surface area contributed by atoms with Crippen LogP contribution in [0.4, 0.5) is 0 Å². The molecule has 2 saturated heterocycles. The lowest BCUT2D eigenvalue weighted by Gasteiger charge is -2.46. The number of allylic oxidation sites excluding steroid dienone is 3. The van der Waals surface area contributed by atoms with Crippen LogP contribution in [0.15, 0.2) is 34.8 Å². The number of nitrogens with zero attached hydrogens (tertiary/aromatic N) is 4. The molecule has 1 atom stereocenters. The van der Waals surface area contributed by atoms with Gasteiger partial charge in [-0.1, -0.05) is 13.0 Å². The summed E-state index contributed by atoms with van der Waals surface area (Å²) in [5, 5.41) is 0. The Morgan fingerprint density at radius 3 is 2.77 bits per heavy atom. The number of hydrogen-bond acceptors (Lipinski definition) is 7. The summed E-state index contributed by atoms with van der Waals surface area (Å²) in [6.07, 6.45) is 7.77. The molecule has 2 fully saturated rings. The van der Waals surface area contributed by atoms with Gasteiger partial charge in [-0.05, 0) is 31.6 Å². The van der Waals surface area contributed by atoms with E-state index in [1.165, 1.54) is 10.6 Å². The van der Waals surface area contributed by atoms with Crippen molar-refractivity contribution >= 4 is 21.7 Å². The molecule has 0 bridgehead atoms. The van der Waals surface area contributed by atoms with E-state index in [1.54, 1.807) is 11.3 Å². The first-order valence-corrected chi connectivity index (χ1v) is 12.1. The van der Waals surface area contributed by atoms with E-state index in [4.69, 9.17) is 4.74 Å². The fourth-order valence-corrected chi connectivity index (χ4v) is 5.69. The number of H-pyrrole nitrogens is 1. The number of aromatic amines is 1. The Kier molecular flexibility index (Phi) is 5.97. The molecule has 3 aliphatic heterocycles. The van der Waals surface area contributed by atoms with Crippen molar-refractivity contribution in [2.24, 2.45) is 5.92 Å². The minimum absolute atomic E-state index is 0.0594. The summed E-state index contributed by atoms with van der Waals surface area (Å²) in [6, 6.07) is 2.10. The Morgan fingerprint density at radius 2 is 2.06 bits per heavy atom. The average molecular weight is 442 g/mol. The van der Waals surface area contributed by atoms with Gasteiger partial charge < -0.3 is 14.6 Å². The van der Waals surface area contributed by atoms with E-state index in [2.05, 4.69) is 55.9 Å². The Hall–Kier alpha value is -2.00. The normalized spacial score (nSPS) is 23.4. The first-order valence-electron chi connectivity index (χ1n) is 11.3. The predicted octanol–water partition coefficient (Wildman–Crippen LogP) is 2.41. The highest BCUT2D eigenvalue weighted by molar-refractivity contribution is 7.18. The maximum Gasteiger partial charge on any atom is 0.270 e. The number of thiophene rings is 1. The van der Waals surface area contributed by atoms with Crippen LogP contribution >= 0.6 is 11.3 Å². The molecule has 7 nitrogen and oxygen atoms in total. The molecular weight excluding hydrogens is 410 g/mol. The summed E-state index contributed by atoms with van der Waals surface area (Å²) in [4.78, 5) is 29.4. The number of piperazine rings is 1. The molecule has 2 aromatic rings. The van der Waals surface area contributed by atoms with E-state index in [9.17, 15) is 4.79 Å². The zero-order valence-corrected chi connectivity index (χ0v) is 19.2. The molecule has 0 amide bonds. The molecule has 0 aromatic carbocycles. The van der Waals surface area contributed by atoms with Crippen molar-refractivity contribution in [3.05, 3.63) is 50.9 Å². The van der Waals surface area contributed by atoms with E-state index in [0.717, 1.165) is 62.8 Å². The Labute approximate surface area is 187 Å². The number of rotatable bonds is 6. The topological polar surface area (TPSA) is 64.7 Å². The standard InChI is InChI=1S/C23H31N5O2S/c1-3-19-22(29)24-20-11-18(31-23(20)25-19)13-26-7-9-27(10-8-26)21-6-4-5-16(2)28(21)12-17-14-30-15-17/h4-6,11,17,21H,3,7-10,12-15H2,1-2H3,(H,24,29). The third-order valence-corrected chi connectivity index (χ3v) is 7.57. The molecule has 0 radical (unpaired) electrons. The predicted molar refractivity (Wildman–Crippen MR) is 124 cm³/mol. The van der Waals surface area contributed by atoms with E-state index in [-0.39, 0.29) is 5.56 Å². The second-order valence-corrected chi connectivity index (χ2v) is 9.89. The van der Waals surface area contributed by atoms with Gasteiger partial charge in [-0.15, -0.1) is 11.3 Å². The number of hydrogen-bond donors (Lipinski definition) is 1. The molecule has 8 heteroatoms. The molecule has 31 heavy (non-hydrogen) atoms. The van der Waals surface area contributed by atoms with Gasteiger partial charge in [0.1, 0.15) is 16.7 Å². The molecule has 1 N–H and O–H groups in total. The summed E-state index contributed by atoms with van der Waals surface area (Å²) in [5.74, 6) is 0.653. The number of nitrogens with one attached hydrogen (secondary N) is 1. The van der Waals surface area contributed by atoms with Crippen LogP contribution in [0.1, 0.15) is 24.4 Å². The van der Waals surface area contributed by atoms with Crippen LogP contribution in [0.25, 0.3) is 10.3 Å². The minimum Gasteiger partial charge on any atom is -0.381 e. The summed E-state index contributed by atoms with van der Waals surface area (Å²) in [5.41, 5.74) is 2.78. The lowest BCUT2D eigenvalue weighted by atomic mass is 10.1. The van der Waals surface area contributed by atoms with E-state index >= 15 is 0 Å². The van der Waals surface area contributed by atoms with Gasteiger partial charge in [-0.25, -0.2) is 4.98 Å². The van der Waals surface area contributed by atoms with Gasteiger partial charge in [0.2, 0.25) is 0 Å². The van der Waals surface area contributed by atoms with Gasteiger partial charge in [0.15, 0.2) is 0 Å². The molecular formula is C23H31N5O2S. The molecule has 5 rings (SSSR count). The summed E-state index contributed by atoms with van der Waals surface area (Å²) < 4.78 is 5.40. The number of aromatic nitrogens is 2. The molecule has 0 aliphatic carbocycles. The van der Waals surface area contributed by atoms with Crippen molar-refractivity contribution in [2.45, 2.75) is 33.0 Å². The third kappa shape index (κ3) is 4.35. The van der Waals surface area contributed by atoms with Crippen LogP contribution < -0.4 is 5.56 Å². The highest BCUT2D eigenvalue weighted by atomic mass is 32.1. The van der Waals surface area contributed by atoms with Crippen LogP contribution in [0.3, 0.4) is 0 Å². The molecule has 0 spiro atoms. The summed E-state index contributed by atoms with van der Waals surface area (Å²) >= 11 is 1.70. The average Bonchev–Trinajstić information content (AvgIpc) is 3.12. The maximum atomic E-state index is 12.0. The largest absolute Gasteiger partial charge is 0.381 e. The Morgan fingerprint density at radius 1 is 1.26 bits per heavy atom. The van der Waals surface area contributed by atoms with E-state index in [0.29, 0.717) is 24.2 Å². The van der Waals surface area contributed by atoms with Crippen LogP contribution in [-0.4, -0.2) is 76.8 Å². The minimum atomic E-state index is -0.0594. The van der Waals surface area contributed by atoms with Crippen molar-refractivity contribution in [1.82, 2.24) is 24.7 Å². The van der Waals surface area contributed by atoms with Crippen LogP contribution in [0, 0.1) is 5.92 Å². The van der Waals surface area contributed by atoms with Crippen molar-refractivity contribution in [2.75, 3.05) is 45.9 Å². The van der Waals surface area contributed by atoms with Crippen molar-refractivity contribution in [3.63, 3.8) is 0 Å². The highest BCUT2D eigenvalue weighted by Gasteiger charge is 2.31. The third-order valence-electron chi connectivity index (χ3n) is 6.56. The van der Waals surface area contributed by atoms with E-state index < -0.39 is 0 Å². The number of fused-ring (bicyclic) bond motifs is 1. The van der Waals surface area contributed by atoms with Crippen LogP contribution in [-0.2, 0) is 17.7 Å². The molecule has 2 aromatic heterocycles. The Bertz CT molecular complexity index is 1050. The van der Waals surface area contributed by atoms with Gasteiger partial charge in [-0.2, -0.15) is 0 Å². The molecule has 0 saturated carbocycles. The second kappa shape index (κ2) is 8.86. The first kappa shape index (κ1) is 20.9. The lowest BCUT2D eigenvalue weighted by molar-refractivity contribution is -0.0564. The summed E-state index contributed by atoms with van der Waals surface area (Å²) in [6.45, 7) is 12.2. The van der Waals surface area contributed by atoms with Crippen molar-refractivity contribution < 1.29 is 4.74 Å². The maximum absolute atomic E-state index is 12.0. The molecule has 166 valence electrons. The van der Waals surface area contributed by atoms with Crippen molar-refractivity contribution in [1.29, 1.82) is 0 Å². The quantitative estimate of drug-likeness (QED) is 0.743. The van der Waals surface area contributed by atoms with Gasteiger partial charge in [0.25, 0.3) is 5.56 Å². The zero-order chi connectivity index (χ0) is 21.4. The SMILES string of the molecule is CCc1nc2sc(CN3CCN(C4C=CC=C(C)N4CC4COC4)CC3)cc2[nH]c1=O. The highest BCUT2D eigenvalue weighted by Crippen LogP contribution is 2.26. The van der Waals surface area contributed by atoms with Gasteiger partial charge in [-0.3, -0.25) is 14.6 Å². The molecule has 3 aliphatic rings. The van der Waals surface area contributed by atoms with Crippen LogP contribution in [0.5, 0.6) is 0 Å². The van der Waals surface area contributed by atoms with Gasteiger partial charge >= 0.3 is 0 Å². The van der Waals surface area contributed by atoms with E-state index in [1.807, 2.05) is 6.92 Å². The van der Waals surface area contributed by atoms with Crippen LogP contribution in [0.2, 0.25) is 0 Å². The zero-order valence-electron chi connectivity index (χ0n) is 18.3. The lowest BCUT2D eigenvalue weighted by Crippen LogP contribution is -2.56. The Balaban J connectivity index is 1.21. The number of ether oxygens (including phenoxy) is 1. The summed E-state index contributed by atoms with van der Waals surface area (Å²) in [7, 11) is 0.